The Bertz CT molecular complexity index is 559. The predicted molar refractivity (Wildman–Crippen MR) is 88.9 cm³/mol. The summed E-state index contributed by atoms with van der Waals surface area (Å²) in [5, 5.41) is 0.651. The predicted octanol–water partition coefficient (Wildman–Crippen LogP) is 3.16. The number of rotatable bonds is 4. The molecular formula is C13H19Cl3N2O2S. The summed E-state index contributed by atoms with van der Waals surface area (Å²) in [4.78, 5) is 0.156. The molecule has 0 aromatic heterocycles. The first-order chi connectivity index (χ1) is 9.43. The third-order valence-corrected chi connectivity index (χ3v) is 5.81. The molecule has 1 aliphatic rings. The van der Waals surface area contributed by atoms with E-state index < -0.39 is 10.0 Å². The van der Waals surface area contributed by atoms with E-state index in [1.54, 1.807) is 0 Å². The number of nitrogens with zero attached hydrogens (tertiary/aromatic N) is 1. The van der Waals surface area contributed by atoms with Crippen LogP contribution in [0, 0.1) is 5.92 Å². The smallest absolute Gasteiger partial charge is 0.243 e. The summed E-state index contributed by atoms with van der Waals surface area (Å²) < 4.78 is 26.8. The molecule has 1 unspecified atom stereocenters. The fourth-order valence-corrected chi connectivity index (χ4v) is 4.82. The van der Waals surface area contributed by atoms with E-state index in [4.69, 9.17) is 28.9 Å². The molecule has 0 bridgehead atoms. The maximum absolute atomic E-state index is 12.6. The Kier molecular flexibility index (Phi) is 7.24. The van der Waals surface area contributed by atoms with Crippen molar-refractivity contribution in [1.82, 2.24) is 4.31 Å². The molecule has 0 saturated carbocycles. The van der Waals surface area contributed by atoms with Crippen molar-refractivity contribution in [3.8, 4) is 0 Å². The summed E-state index contributed by atoms with van der Waals surface area (Å²) in [6, 6.07) is 4.40. The molecule has 0 aliphatic carbocycles. The maximum Gasteiger partial charge on any atom is 0.243 e. The minimum absolute atomic E-state index is 0. The summed E-state index contributed by atoms with van der Waals surface area (Å²) in [6.07, 6.45) is 2.74. The quantitative estimate of drug-likeness (QED) is 0.881. The van der Waals surface area contributed by atoms with Crippen LogP contribution in [0.25, 0.3) is 0 Å². The van der Waals surface area contributed by atoms with E-state index >= 15 is 0 Å². The van der Waals surface area contributed by atoms with E-state index in [0.29, 0.717) is 35.6 Å². The Hall–Kier alpha value is -0.0400. The second-order valence-electron chi connectivity index (χ2n) is 5.05. The van der Waals surface area contributed by atoms with Crippen LogP contribution in [0.3, 0.4) is 0 Å². The van der Waals surface area contributed by atoms with Gasteiger partial charge in [0.15, 0.2) is 0 Å². The van der Waals surface area contributed by atoms with Gasteiger partial charge in [0.2, 0.25) is 10.0 Å². The van der Waals surface area contributed by atoms with Crippen LogP contribution in [-0.2, 0) is 10.0 Å². The van der Waals surface area contributed by atoms with Gasteiger partial charge in [0.05, 0.1) is 4.90 Å². The normalized spacial score (nSPS) is 20.0. The molecule has 0 spiro atoms. The number of sulfonamides is 1. The molecule has 8 heteroatoms. The van der Waals surface area contributed by atoms with Crippen LogP contribution in [0.4, 0.5) is 0 Å². The van der Waals surface area contributed by atoms with Crippen LogP contribution in [0.1, 0.15) is 19.3 Å². The first kappa shape index (κ1) is 19.0. The molecule has 1 aromatic rings. The van der Waals surface area contributed by atoms with Crippen molar-refractivity contribution in [3.05, 3.63) is 28.2 Å². The average Bonchev–Trinajstić information content (AvgIpc) is 2.38. The van der Waals surface area contributed by atoms with Crippen LogP contribution >= 0.6 is 35.6 Å². The van der Waals surface area contributed by atoms with Gasteiger partial charge in [0.25, 0.3) is 0 Å². The lowest BCUT2D eigenvalue weighted by atomic mass is 9.96. The van der Waals surface area contributed by atoms with Crippen LogP contribution < -0.4 is 5.73 Å². The lowest BCUT2D eigenvalue weighted by Gasteiger charge is -2.31. The highest BCUT2D eigenvalue weighted by molar-refractivity contribution is 7.89. The number of halogens is 3. The SMILES string of the molecule is Cl.NCCC1CCCN(S(=O)(=O)c2cc(Cl)cc(Cl)c2)C1. The van der Waals surface area contributed by atoms with Crippen LogP contribution in [0.15, 0.2) is 23.1 Å². The molecule has 2 N–H and O–H groups in total. The zero-order valence-electron chi connectivity index (χ0n) is 11.5. The molecule has 0 amide bonds. The fraction of sp³-hybridized carbons (Fsp3) is 0.538. The molecule has 1 heterocycles. The minimum atomic E-state index is -3.53. The molecular weight excluding hydrogens is 355 g/mol. The molecule has 1 atom stereocenters. The van der Waals surface area contributed by atoms with Gasteiger partial charge in [-0.1, -0.05) is 23.2 Å². The lowest BCUT2D eigenvalue weighted by molar-refractivity contribution is 0.258. The molecule has 1 fully saturated rings. The van der Waals surface area contributed by atoms with E-state index in [-0.39, 0.29) is 17.3 Å². The van der Waals surface area contributed by atoms with Gasteiger partial charge in [0, 0.05) is 23.1 Å². The summed E-state index contributed by atoms with van der Waals surface area (Å²) >= 11 is 11.8. The van der Waals surface area contributed by atoms with Gasteiger partial charge in [0.1, 0.15) is 0 Å². The second kappa shape index (κ2) is 7.99. The maximum atomic E-state index is 12.6. The molecule has 1 saturated heterocycles. The van der Waals surface area contributed by atoms with E-state index in [0.717, 1.165) is 19.3 Å². The summed E-state index contributed by atoms with van der Waals surface area (Å²) in [6.45, 7) is 1.64. The first-order valence-corrected chi connectivity index (χ1v) is 8.79. The second-order valence-corrected chi connectivity index (χ2v) is 7.86. The van der Waals surface area contributed by atoms with Crippen LogP contribution in [0.2, 0.25) is 10.0 Å². The summed E-state index contributed by atoms with van der Waals surface area (Å²) in [5.74, 6) is 0.332. The molecule has 4 nitrogen and oxygen atoms in total. The van der Waals surface area contributed by atoms with Crippen molar-refractivity contribution < 1.29 is 8.42 Å². The monoisotopic (exact) mass is 372 g/mol. The Morgan fingerprint density at radius 1 is 1.24 bits per heavy atom. The van der Waals surface area contributed by atoms with Crippen LogP contribution in [-0.4, -0.2) is 32.4 Å². The summed E-state index contributed by atoms with van der Waals surface area (Å²) in [7, 11) is -3.53. The zero-order valence-corrected chi connectivity index (χ0v) is 14.6. The van der Waals surface area contributed by atoms with Gasteiger partial charge in [-0.2, -0.15) is 4.31 Å². The molecule has 1 aliphatic heterocycles. The van der Waals surface area contributed by atoms with E-state index in [1.165, 1.54) is 22.5 Å². The highest BCUT2D eigenvalue weighted by atomic mass is 35.5. The largest absolute Gasteiger partial charge is 0.330 e. The van der Waals surface area contributed by atoms with E-state index in [2.05, 4.69) is 0 Å². The Balaban J connectivity index is 0.00000220. The van der Waals surface area contributed by atoms with E-state index in [9.17, 15) is 8.42 Å². The topological polar surface area (TPSA) is 63.4 Å². The van der Waals surface area contributed by atoms with Crippen molar-refractivity contribution in [2.75, 3.05) is 19.6 Å². The molecule has 21 heavy (non-hydrogen) atoms. The van der Waals surface area contributed by atoms with Gasteiger partial charge < -0.3 is 5.73 Å². The van der Waals surface area contributed by atoms with E-state index in [1.807, 2.05) is 0 Å². The van der Waals surface area contributed by atoms with Crippen molar-refractivity contribution in [2.45, 2.75) is 24.2 Å². The van der Waals surface area contributed by atoms with Gasteiger partial charge >= 0.3 is 0 Å². The third-order valence-electron chi connectivity index (χ3n) is 3.53. The molecule has 0 radical (unpaired) electrons. The molecule has 1 aromatic carbocycles. The standard InChI is InChI=1S/C13H18Cl2N2O2S.ClH/c14-11-6-12(15)8-13(7-11)20(18,19)17-5-1-2-10(9-17)3-4-16;/h6-8,10H,1-5,9,16H2;1H. The molecule has 120 valence electrons. The number of nitrogens with two attached hydrogens (primary N) is 1. The number of piperidine rings is 1. The number of benzene rings is 1. The lowest BCUT2D eigenvalue weighted by Crippen LogP contribution is -2.40. The number of hydrogen-bond acceptors (Lipinski definition) is 3. The highest BCUT2D eigenvalue weighted by Crippen LogP contribution is 2.28. The van der Waals surface area contributed by atoms with Gasteiger partial charge in [-0.3, -0.25) is 0 Å². The van der Waals surface area contributed by atoms with Crippen molar-refractivity contribution in [3.63, 3.8) is 0 Å². The average molecular weight is 374 g/mol. The van der Waals surface area contributed by atoms with Crippen LogP contribution in [0.5, 0.6) is 0 Å². The van der Waals surface area contributed by atoms with Gasteiger partial charge in [-0.15, -0.1) is 12.4 Å². The Morgan fingerprint density at radius 3 is 2.43 bits per heavy atom. The van der Waals surface area contributed by atoms with Gasteiger partial charge in [-0.25, -0.2) is 8.42 Å². The number of hydrogen-bond donors (Lipinski definition) is 1. The molecule has 2 rings (SSSR count). The zero-order chi connectivity index (χ0) is 14.8. The highest BCUT2D eigenvalue weighted by Gasteiger charge is 2.30. The Labute approximate surface area is 142 Å². The fourth-order valence-electron chi connectivity index (χ4n) is 2.54. The van der Waals surface area contributed by atoms with Crippen molar-refractivity contribution in [2.24, 2.45) is 11.7 Å². The first-order valence-electron chi connectivity index (χ1n) is 6.60. The van der Waals surface area contributed by atoms with Crippen molar-refractivity contribution in [1.29, 1.82) is 0 Å². The third kappa shape index (κ3) is 4.71. The Morgan fingerprint density at radius 2 is 1.86 bits per heavy atom. The van der Waals surface area contributed by atoms with Gasteiger partial charge in [-0.05, 0) is 49.9 Å². The minimum Gasteiger partial charge on any atom is -0.330 e. The van der Waals surface area contributed by atoms with Crippen molar-refractivity contribution >= 4 is 45.6 Å². The summed E-state index contributed by atoms with van der Waals surface area (Å²) in [5.41, 5.74) is 5.56.